The highest BCUT2D eigenvalue weighted by molar-refractivity contribution is 5.92. The lowest BCUT2D eigenvalue weighted by atomic mass is 10.1. The molecule has 0 spiro atoms. The molecule has 0 saturated carbocycles. The molecule has 0 heterocycles. The Kier molecular flexibility index (Phi) is 4.24. The van der Waals surface area contributed by atoms with E-state index in [1.807, 2.05) is 18.2 Å². The summed E-state index contributed by atoms with van der Waals surface area (Å²) in [6, 6.07) is 8.03. The second-order valence-electron chi connectivity index (χ2n) is 3.08. The quantitative estimate of drug-likeness (QED) is 0.443. The van der Waals surface area contributed by atoms with Gasteiger partial charge in [-0.25, -0.2) is 4.99 Å². The molecule has 3 heteroatoms. The van der Waals surface area contributed by atoms with E-state index in [-0.39, 0.29) is 0 Å². The van der Waals surface area contributed by atoms with E-state index in [1.54, 1.807) is 0 Å². The summed E-state index contributed by atoms with van der Waals surface area (Å²) in [4.78, 5) is 3.94. The number of hydrogen-bond donors (Lipinski definition) is 2. The van der Waals surface area contributed by atoms with Gasteiger partial charge < -0.3 is 11.1 Å². The molecule has 0 atom stereocenters. The van der Waals surface area contributed by atoms with Crippen LogP contribution in [0, 0.1) is 12.3 Å². The smallest absolute Gasteiger partial charge is 0.194 e. The van der Waals surface area contributed by atoms with Gasteiger partial charge in [0, 0.05) is 5.69 Å². The van der Waals surface area contributed by atoms with Crippen LogP contribution in [0.4, 0.5) is 5.69 Å². The first-order valence-corrected chi connectivity index (χ1v) is 4.85. The molecule has 15 heavy (non-hydrogen) atoms. The molecular weight excluding hydrogens is 186 g/mol. The number of nitrogens with zero attached hydrogens (tertiary/aromatic N) is 1. The highest BCUT2D eigenvalue weighted by Gasteiger charge is 1.95. The summed E-state index contributed by atoms with van der Waals surface area (Å²) >= 11 is 0. The maximum Gasteiger partial charge on any atom is 0.194 e. The van der Waals surface area contributed by atoms with E-state index in [1.165, 1.54) is 5.56 Å². The summed E-state index contributed by atoms with van der Waals surface area (Å²) in [7, 11) is 0. The molecule has 0 radical (unpaired) electrons. The van der Waals surface area contributed by atoms with Gasteiger partial charge in [-0.15, -0.1) is 6.42 Å². The fourth-order valence-corrected chi connectivity index (χ4v) is 1.19. The van der Waals surface area contributed by atoms with Gasteiger partial charge in [0.2, 0.25) is 0 Å². The Morgan fingerprint density at radius 1 is 1.60 bits per heavy atom. The zero-order valence-corrected chi connectivity index (χ0v) is 8.83. The van der Waals surface area contributed by atoms with Crippen LogP contribution in [-0.2, 0) is 6.42 Å². The third-order valence-electron chi connectivity index (χ3n) is 1.95. The second-order valence-corrected chi connectivity index (χ2v) is 3.08. The predicted octanol–water partition coefficient (Wildman–Crippen LogP) is 1.61. The number of nitrogens with one attached hydrogen (secondary N) is 1. The average molecular weight is 201 g/mol. The van der Waals surface area contributed by atoms with E-state index in [2.05, 4.69) is 29.2 Å². The number of terminal acetylenes is 1. The molecule has 0 aromatic heterocycles. The Morgan fingerprint density at radius 3 is 3.07 bits per heavy atom. The molecule has 3 nitrogen and oxygen atoms in total. The molecule has 0 fully saturated rings. The molecular formula is C12H15N3. The Bertz CT molecular complexity index is 388. The molecule has 1 rings (SSSR count). The monoisotopic (exact) mass is 201 g/mol. The largest absolute Gasteiger partial charge is 0.370 e. The van der Waals surface area contributed by atoms with Crippen molar-refractivity contribution in [3.8, 4) is 12.3 Å². The molecule has 0 amide bonds. The topological polar surface area (TPSA) is 50.4 Å². The summed E-state index contributed by atoms with van der Waals surface area (Å²) in [6.07, 6.45) is 6.07. The number of hydrogen-bond acceptors (Lipinski definition) is 1. The van der Waals surface area contributed by atoms with E-state index < -0.39 is 0 Å². The first-order chi connectivity index (χ1) is 7.26. The fourth-order valence-electron chi connectivity index (χ4n) is 1.19. The fraction of sp³-hybridized carbons (Fsp3) is 0.250. The van der Waals surface area contributed by atoms with Crippen LogP contribution in [0.5, 0.6) is 0 Å². The highest BCUT2D eigenvalue weighted by Crippen LogP contribution is 2.10. The summed E-state index contributed by atoms with van der Waals surface area (Å²) < 4.78 is 0. The summed E-state index contributed by atoms with van der Waals surface area (Å²) in [5.74, 6) is 2.75. The van der Waals surface area contributed by atoms with Crippen molar-refractivity contribution in [2.45, 2.75) is 13.3 Å². The summed E-state index contributed by atoms with van der Waals surface area (Å²) in [6.45, 7) is 2.40. The van der Waals surface area contributed by atoms with Crippen molar-refractivity contribution in [3.05, 3.63) is 29.8 Å². The zero-order chi connectivity index (χ0) is 11.1. The number of benzene rings is 1. The van der Waals surface area contributed by atoms with Gasteiger partial charge in [-0.1, -0.05) is 25.0 Å². The Balaban J connectivity index is 2.68. The number of rotatable bonds is 3. The van der Waals surface area contributed by atoms with Gasteiger partial charge in [0.25, 0.3) is 0 Å². The molecule has 0 aliphatic rings. The van der Waals surface area contributed by atoms with E-state index in [4.69, 9.17) is 12.2 Å². The Hall–Kier alpha value is -1.95. The Morgan fingerprint density at radius 2 is 2.40 bits per heavy atom. The van der Waals surface area contributed by atoms with Gasteiger partial charge in [-0.05, 0) is 24.1 Å². The van der Waals surface area contributed by atoms with Crippen molar-refractivity contribution in [1.29, 1.82) is 0 Å². The minimum Gasteiger partial charge on any atom is -0.370 e. The lowest BCUT2D eigenvalue weighted by molar-refractivity contribution is 1.14. The van der Waals surface area contributed by atoms with Crippen LogP contribution < -0.4 is 11.1 Å². The molecule has 3 N–H and O–H groups in total. The van der Waals surface area contributed by atoms with Gasteiger partial charge in [-0.2, -0.15) is 0 Å². The molecule has 0 saturated heterocycles. The minimum atomic E-state index is 0.298. The van der Waals surface area contributed by atoms with Gasteiger partial charge >= 0.3 is 0 Å². The average Bonchev–Trinajstić information content (AvgIpc) is 2.26. The van der Waals surface area contributed by atoms with Crippen LogP contribution in [0.25, 0.3) is 0 Å². The first-order valence-electron chi connectivity index (χ1n) is 4.85. The van der Waals surface area contributed by atoms with Crippen LogP contribution in [0.2, 0.25) is 0 Å². The molecule has 0 unspecified atom stereocenters. The maximum atomic E-state index is 5.63. The van der Waals surface area contributed by atoms with E-state index in [9.17, 15) is 0 Å². The maximum absolute atomic E-state index is 5.63. The standard InChI is InChI=1S/C12H15N3/c1-3-8-14-12(13)15-11-7-5-6-10(4-2)9-11/h1,5-7,9H,4,8H2,2H3,(H3,13,14,15). The number of guanidine groups is 1. The SMILES string of the molecule is C#CCN=C(N)Nc1cccc(CC)c1. The lowest BCUT2D eigenvalue weighted by Crippen LogP contribution is -2.22. The van der Waals surface area contributed by atoms with Crippen molar-refractivity contribution in [2.75, 3.05) is 11.9 Å². The van der Waals surface area contributed by atoms with E-state index >= 15 is 0 Å². The number of anilines is 1. The number of aliphatic imine (C=N–C) groups is 1. The summed E-state index contributed by atoms with van der Waals surface area (Å²) in [5.41, 5.74) is 7.82. The van der Waals surface area contributed by atoms with Crippen LogP contribution in [-0.4, -0.2) is 12.5 Å². The predicted molar refractivity (Wildman–Crippen MR) is 64.8 cm³/mol. The van der Waals surface area contributed by atoms with Crippen molar-refractivity contribution in [2.24, 2.45) is 10.7 Å². The van der Waals surface area contributed by atoms with Gasteiger partial charge in [0.1, 0.15) is 6.54 Å². The van der Waals surface area contributed by atoms with Crippen molar-refractivity contribution in [1.82, 2.24) is 0 Å². The van der Waals surface area contributed by atoms with E-state index in [0.717, 1.165) is 12.1 Å². The van der Waals surface area contributed by atoms with Crippen LogP contribution in [0.3, 0.4) is 0 Å². The van der Waals surface area contributed by atoms with E-state index in [0.29, 0.717) is 12.5 Å². The number of nitrogens with two attached hydrogens (primary N) is 1. The van der Waals surface area contributed by atoms with Gasteiger partial charge in [-0.3, -0.25) is 0 Å². The molecule has 1 aromatic carbocycles. The molecule has 0 aliphatic heterocycles. The molecule has 0 bridgehead atoms. The molecule has 0 aliphatic carbocycles. The first kappa shape index (κ1) is 11.1. The lowest BCUT2D eigenvalue weighted by Gasteiger charge is -2.06. The van der Waals surface area contributed by atoms with Crippen molar-refractivity contribution in [3.63, 3.8) is 0 Å². The van der Waals surface area contributed by atoms with Gasteiger partial charge in [0.15, 0.2) is 5.96 Å². The Labute approximate surface area is 90.4 Å². The summed E-state index contributed by atoms with van der Waals surface area (Å²) in [5, 5.41) is 2.98. The van der Waals surface area contributed by atoms with Crippen LogP contribution in [0.1, 0.15) is 12.5 Å². The number of aryl methyl sites for hydroxylation is 1. The van der Waals surface area contributed by atoms with Crippen molar-refractivity contribution >= 4 is 11.6 Å². The minimum absolute atomic E-state index is 0.298. The van der Waals surface area contributed by atoms with Crippen LogP contribution >= 0.6 is 0 Å². The zero-order valence-electron chi connectivity index (χ0n) is 8.83. The van der Waals surface area contributed by atoms with Crippen molar-refractivity contribution < 1.29 is 0 Å². The third-order valence-corrected chi connectivity index (χ3v) is 1.95. The highest BCUT2D eigenvalue weighted by atomic mass is 15.1. The third kappa shape index (κ3) is 3.74. The van der Waals surface area contributed by atoms with Gasteiger partial charge in [0.05, 0.1) is 0 Å². The van der Waals surface area contributed by atoms with Crippen LogP contribution in [0.15, 0.2) is 29.3 Å². The normalized spacial score (nSPS) is 10.8. The molecule has 1 aromatic rings. The molecule has 78 valence electrons. The second kappa shape index (κ2) is 5.71.